The summed E-state index contributed by atoms with van der Waals surface area (Å²) in [5.41, 5.74) is 5.63. The van der Waals surface area contributed by atoms with Crippen LogP contribution in [0.2, 0.25) is 0 Å². The number of rotatable bonds is 8. The normalized spacial score (nSPS) is 17.3. The number of nitrogens with zero attached hydrogens (tertiary/aromatic N) is 4. The van der Waals surface area contributed by atoms with Crippen LogP contribution >= 0.6 is 0 Å². The maximum Gasteiger partial charge on any atom is 0.268 e. The van der Waals surface area contributed by atoms with E-state index in [9.17, 15) is 10.1 Å². The van der Waals surface area contributed by atoms with Crippen LogP contribution in [0.5, 0.6) is 5.88 Å². The summed E-state index contributed by atoms with van der Waals surface area (Å²) in [5, 5.41) is 9.38. The fraction of sp³-hybridized carbons (Fsp3) is 0.407. The molecule has 0 N–H and O–H groups in total. The van der Waals surface area contributed by atoms with Crippen molar-refractivity contribution in [2.45, 2.75) is 47.5 Å². The van der Waals surface area contributed by atoms with E-state index >= 15 is 0 Å². The van der Waals surface area contributed by atoms with E-state index in [1.54, 1.807) is 19.3 Å². The first-order valence-electron chi connectivity index (χ1n) is 11.3. The van der Waals surface area contributed by atoms with Gasteiger partial charge in [-0.3, -0.25) is 4.79 Å². The van der Waals surface area contributed by atoms with E-state index in [0.717, 1.165) is 24.1 Å². The highest BCUT2D eigenvalue weighted by atomic mass is 16.5. The van der Waals surface area contributed by atoms with Crippen molar-refractivity contribution in [3.63, 3.8) is 0 Å². The molecule has 2 aromatic rings. The van der Waals surface area contributed by atoms with Gasteiger partial charge in [0, 0.05) is 30.4 Å². The van der Waals surface area contributed by atoms with Crippen molar-refractivity contribution < 1.29 is 4.74 Å². The quantitative estimate of drug-likeness (QED) is 0.523. The average molecular weight is 445 g/mol. The molecule has 0 spiro atoms. The molecule has 1 aliphatic carbocycles. The first-order valence-corrected chi connectivity index (χ1v) is 11.3. The van der Waals surface area contributed by atoms with Gasteiger partial charge in [0.05, 0.1) is 12.2 Å². The molecular formula is C27H32N4O2. The summed E-state index contributed by atoms with van der Waals surface area (Å²) in [5.74, 6) is 1.91. The molecule has 0 aliphatic heterocycles. The standard InChI is InChI=1S/C27H32N4O2/c1-8-17(4)22(10-9-16(2)3)24-12-21(24)15-33-26-25(14-29-19(6)30-26)23-11-20(13-28)27(32)31(7)18(23)5/h9-11,14,21,24H,4,8,12,15H2,1-3,5-7H3. The van der Waals surface area contributed by atoms with Gasteiger partial charge < -0.3 is 9.30 Å². The van der Waals surface area contributed by atoms with Crippen LogP contribution < -0.4 is 10.3 Å². The molecule has 3 rings (SSSR count). The minimum atomic E-state index is -0.318. The van der Waals surface area contributed by atoms with Crippen LogP contribution in [-0.4, -0.2) is 21.1 Å². The molecule has 2 atom stereocenters. The van der Waals surface area contributed by atoms with E-state index in [4.69, 9.17) is 4.74 Å². The summed E-state index contributed by atoms with van der Waals surface area (Å²) >= 11 is 0. The zero-order chi connectivity index (χ0) is 24.3. The van der Waals surface area contributed by atoms with Gasteiger partial charge in [-0.1, -0.05) is 36.8 Å². The van der Waals surface area contributed by atoms with Gasteiger partial charge in [0.2, 0.25) is 5.88 Å². The second-order valence-corrected chi connectivity index (χ2v) is 8.91. The van der Waals surface area contributed by atoms with Crippen LogP contribution in [-0.2, 0) is 7.05 Å². The molecule has 33 heavy (non-hydrogen) atoms. The summed E-state index contributed by atoms with van der Waals surface area (Å²) < 4.78 is 7.70. The molecule has 6 heteroatoms. The zero-order valence-electron chi connectivity index (χ0n) is 20.4. The zero-order valence-corrected chi connectivity index (χ0v) is 20.4. The minimum Gasteiger partial charge on any atom is -0.477 e. The van der Waals surface area contributed by atoms with Crippen LogP contribution in [0.15, 0.2) is 52.5 Å². The fourth-order valence-corrected chi connectivity index (χ4v) is 3.88. The second kappa shape index (κ2) is 9.99. The summed E-state index contributed by atoms with van der Waals surface area (Å²) in [6.07, 6.45) is 8.03. The molecule has 0 bridgehead atoms. The molecule has 0 amide bonds. The van der Waals surface area contributed by atoms with Crippen molar-refractivity contribution in [1.29, 1.82) is 5.26 Å². The van der Waals surface area contributed by atoms with Gasteiger partial charge in [0.15, 0.2) is 0 Å². The van der Waals surface area contributed by atoms with E-state index < -0.39 is 0 Å². The first-order chi connectivity index (χ1) is 15.7. The highest BCUT2D eigenvalue weighted by molar-refractivity contribution is 5.71. The minimum absolute atomic E-state index is 0.0824. The molecule has 172 valence electrons. The van der Waals surface area contributed by atoms with Crippen LogP contribution in [0.25, 0.3) is 11.1 Å². The van der Waals surface area contributed by atoms with Gasteiger partial charge >= 0.3 is 0 Å². The van der Waals surface area contributed by atoms with Gasteiger partial charge in [-0.05, 0) is 58.1 Å². The van der Waals surface area contributed by atoms with Gasteiger partial charge in [0.1, 0.15) is 17.5 Å². The van der Waals surface area contributed by atoms with Crippen LogP contribution in [0.3, 0.4) is 0 Å². The Morgan fingerprint density at radius 2 is 2.06 bits per heavy atom. The summed E-state index contributed by atoms with van der Waals surface area (Å²) in [4.78, 5) is 21.2. The van der Waals surface area contributed by atoms with Crippen LogP contribution in [0.4, 0.5) is 0 Å². The van der Waals surface area contributed by atoms with Crippen molar-refractivity contribution in [3.05, 3.63) is 75.1 Å². The highest BCUT2D eigenvalue weighted by Gasteiger charge is 2.40. The van der Waals surface area contributed by atoms with Crippen LogP contribution in [0, 0.1) is 37.0 Å². The lowest BCUT2D eigenvalue weighted by Gasteiger charge is -2.15. The first kappa shape index (κ1) is 24.2. The second-order valence-electron chi connectivity index (χ2n) is 8.91. The van der Waals surface area contributed by atoms with E-state index in [-0.39, 0.29) is 11.1 Å². The third-order valence-corrected chi connectivity index (χ3v) is 6.19. The Labute approximate surface area is 196 Å². The number of hydrogen-bond donors (Lipinski definition) is 0. The Bertz CT molecular complexity index is 1240. The number of allylic oxidation sites excluding steroid dienone is 5. The number of pyridine rings is 1. The van der Waals surface area contributed by atoms with Gasteiger partial charge in [-0.25, -0.2) is 4.98 Å². The van der Waals surface area contributed by atoms with Gasteiger partial charge in [-0.15, -0.1) is 0 Å². The summed E-state index contributed by atoms with van der Waals surface area (Å²) in [7, 11) is 1.66. The number of hydrogen-bond acceptors (Lipinski definition) is 5. The summed E-state index contributed by atoms with van der Waals surface area (Å²) in [6.45, 7) is 14.8. The number of nitriles is 1. The van der Waals surface area contributed by atoms with E-state index in [1.165, 1.54) is 21.3 Å². The molecule has 2 unspecified atom stereocenters. The predicted octanol–water partition coefficient (Wildman–Crippen LogP) is 5.20. The molecule has 1 aliphatic rings. The van der Waals surface area contributed by atoms with Gasteiger partial charge in [-0.2, -0.15) is 10.2 Å². The molecule has 0 radical (unpaired) electrons. The van der Waals surface area contributed by atoms with Crippen LogP contribution in [0.1, 0.15) is 50.7 Å². The topological polar surface area (TPSA) is 80.8 Å². The SMILES string of the molecule is C=C(CC)C(=CC=C(C)C)C1CC1COc1nc(C)ncc1-c1cc(C#N)c(=O)n(C)c1C. The lowest BCUT2D eigenvalue weighted by atomic mass is 9.98. The average Bonchev–Trinajstić information content (AvgIpc) is 3.55. The van der Waals surface area contributed by atoms with E-state index in [1.807, 2.05) is 19.9 Å². The maximum atomic E-state index is 12.3. The van der Waals surface area contributed by atoms with E-state index in [2.05, 4.69) is 49.5 Å². The Morgan fingerprint density at radius 1 is 1.33 bits per heavy atom. The Kier molecular flexibility index (Phi) is 7.33. The molecular weight excluding hydrogens is 412 g/mol. The van der Waals surface area contributed by atoms with Crippen molar-refractivity contribution in [1.82, 2.24) is 14.5 Å². The number of aryl methyl sites for hydroxylation is 1. The lowest BCUT2D eigenvalue weighted by Crippen LogP contribution is -2.22. The third-order valence-electron chi connectivity index (χ3n) is 6.19. The summed E-state index contributed by atoms with van der Waals surface area (Å²) in [6, 6.07) is 3.59. The molecule has 0 aromatic carbocycles. The smallest absolute Gasteiger partial charge is 0.268 e. The Hall–Kier alpha value is -3.46. The number of aromatic nitrogens is 3. The van der Waals surface area contributed by atoms with E-state index in [0.29, 0.717) is 35.7 Å². The maximum absolute atomic E-state index is 12.3. The molecule has 2 heterocycles. The molecule has 0 saturated heterocycles. The highest BCUT2D eigenvalue weighted by Crippen LogP contribution is 2.47. The largest absolute Gasteiger partial charge is 0.477 e. The fourth-order valence-electron chi connectivity index (χ4n) is 3.88. The molecule has 6 nitrogen and oxygen atoms in total. The Balaban J connectivity index is 1.87. The van der Waals surface area contributed by atoms with Crippen molar-refractivity contribution in [2.75, 3.05) is 6.61 Å². The van der Waals surface area contributed by atoms with Crippen molar-refractivity contribution >= 4 is 0 Å². The molecule has 2 aromatic heterocycles. The number of ether oxygens (including phenoxy) is 1. The Morgan fingerprint density at radius 3 is 2.70 bits per heavy atom. The molecule has 1 fully saturated rings. The van der Waals surface area contributed by atoms with Crippen molar-refractivity contribution in [2.24, 2.45) is 18.9 Å². The third kappa shape index (κ3) is 5.31. The van der Waals surface area contributed by atoms with Gasteiger partial charge in [0.25, 0.3) is 5.56 Å². The van der Waals surface area contributed by atoms with Crippen molar-refractivity contribution in [3.8, 4) is 23.1 Å². The molecule has 1 saturated carbocycles. The lowest BCUT2D eigenvalue weighted by molar-refractivity contribution is 0.284. The predicted molar refractivity (Wildman–Crippen MR) is 131 cm³/mol. The monoisotopic (exact) mass is 444 g/mol.